The number of hydrogen-bond donors (Lipinski definition) is 2. The lowest BCUT2D eigenvalue weighted by atomic mass is 10.1. The predicted molar refractivity (Wildman–Crippen MR) is 76.6 cm³/mol. The SMILES string of the molecule is CC1C(=O)NCCN1c1ccc2c(c1)N(C)C(=O)C2N. The van der Waals surface area contributed by atoms with E-state index in [1.807, 2.05) is 30.0 Å². The molecule has 1 fully saturated rings. The average Bonchev–Trinajstić information content (AvgIpc) is 2.67. The standard InChI is InChI=1S/C14H18N4O2/c1-8-13(19)16-5-6-18(8)9-3-4-10-11(7-9)17(2)14(20)12(10)15/h3-4,7-8,12H,5-6,15H2,1-2H3,(H,16,19). The van der Waals surface area contributed by atoms with Crippen LogP contribution in [0.2, 0.25) is 0 Å². The summed E-state index contributed by atoms with van der Waals surface area (Å²) in [7, 11) is 1.73. The van der Waals surface area contributed by atoms with Crippen molar-refractivity contribution in [3.8, 4) is 0 Å². The number of carbonyl (C=O) groups excluding carboxylic acids is 2. The monoisotopic (exact) mass is 274 g/mol. The van der Waals surface area contributed by atoms with Crippen LogP contribution in [0.3, 0.4) is 0 Å². The van der Waals surface area contributed by atoms with E-state index < -0.39 is 6.04 Å². The fraction of sp³-hybridized carbons (Fsp3) is 0.429. The summed E-state index contributed by atoms with van der Waals surface area (Å²) in [5.41, 5.74) is 8.51. The van der Waals surface area contributed by atoms with Crippen molar-refractivity contribution in [3.05, 3.63) is 23.8 Å². The summed E-state index contributed by atoms with van der Waals surface area (Å²) >= 11 is 0. The number of piperazine rings is 1. The van der Waals surface area contributed by atoms with Crippen molar-refractivity contribution in [3.63, 3.8) is 0 Å². The Morgan fingerprint density at radius 1 is 1.35 bits per heavy atom. The van der Waals surface area contributed by atoms with Crippen LogP contribution in [0.5, 0.6) is 0 Å². The molecule has 20 heavy (non-hydrogen) atoms. The van der Waals surface area contributed by atoms with Gasteiger partial charge in [-0.1, -0.05) is 6.07 Å². The molecule has 1 aromatic carbocycles. The van der Waals surface area contributed by atoms with Crippen LogP contribution < -0.4 is 20.9 Å². The van der Waals surface area contributed by atoms with Crippen LogP contribution in [0.4, 0.5) is 11.4 Å². The van der Waals surface area contributed by atoms with Crippen molar-refractivity contribution in [2.45, 2.75) is 19.0 Å². The number of hydrogen-bond acceptors (Lipinski definition) is 4. The molecule has 3 N–H and O–H groups in total. The number of nitrogens with two attached hydrogens (primary N) is 1. The highest BCUT2D eigenvalue weighted by atomic mass is 16.2. The third kappa shape index (κ3) is 1.76. The summed E-state index contributed by atoms with van der Waals surface area (Å²) in [4.78, 5) is 27.3. The number of carbonyl (C=O) groups is 2. The Morgan fingerprint density at radius 3 is 2.85 bits per heavy atom. The quantitative estimate of drug-likeness (QED) is 0.755. The number of rotatable bonds is 1. The summed E-state index contributed by atoms with van der Waals surface area (Å²) in [6.45, 7) is 3.27. The maximum atomic E-state index is 11.9. The van der Waals surface area contributed by atoms with Gasteiger partial charge in [-0.2, -0.15) is 0 Å². The smallest absolute Gasteiger partial charge is 0.248 e. The van der Waals surface area contributed by atoms with Gasteiger partial charge in [-0.3, -0.25) is 9.59 Å². The first-order chi connectivity index (χ1) is 9.50. The third-order valence-electron chi connectivity index (χ3n) is 4.14. The van der Waals surface area contributed by atoms with Gasteiger partial charge in [0, 0.05) is 31.4 Å². The Kier molecular flexibility index (Phi) is 2.90. The van der Waals surface area contributed by atoms with Crippen molar-refractivity contribution in [1.82, 2.24) is 5.32 Å². The fourth-order valence-electron chi connectivity index (χ4n) is 2.86. The van der Waals surface area contributed by atoms with Crippen LogP contribution in [-0.4, -0.2) is 38.0 Å². The molecule has 0 radical (unpaired) electrons. The van der Waals surface area contributed by atoms with Crippen LogP contribution in [-0.2, 0) is 9.59 Å². The zero-order chi connectivity index (χ0) is 14.4. The van der Waals surface area contributed by atoms with E-state index in [-0.39, 0.29) is 17.9 Å². The maximum absolute atomic E-state index is 11.9. The minimum atomic E-state index is -0.578. The Hall–Kier alpha value is -2.08. The summed E-state index contributed by atoms with van der Waals surface area (Å²) < 4.78 is 0. The number of fused-ring (bicyclic) bond motifs is 1. The molecule has 2 unspecified atom stereocenters. The second-order valence-electron chi connectivity index (χ2n) is 5.28. The normalized spacial score (nSPS) is 25.8. The topological polar surface area (TPSA) is 78.7 Å². The summed E-state index contributed by atoms with van der Waals surface area (Å²) in [5, 5.41) is 2.84. The number of amides is 2. The Bertz CT molecular complexity index is 587. The van der Waals surface area contributed by atoms with Crippen molar-refractivity contribution < 1.29 is 9.59 Å². The van der Waals surface area contributed by atoms with Gasteiger partial charge in [0.2, 0.25) is 11.8 Å². The van der Waals surface area contributed by atoms with Gasteiger partial charge in [-0.05, 0) is 19.1 Å². The highest BCUT2D eigenvalue weighted by Gasteiger charge is 2.33. The maximum Gasteiger partial charge on any atom is 0.248 e. The molecule has 3 rings (SSSR count). The number of benzene rings is 1. The highest BCUT2D eigenvalue weighted by Crippen LogP contribution is 2.36. The van der Waals surface area contributed by atoms with Crippen molar-refractivity contribution in [2.75, 3.05) is 29.9 Å². The van der Waals surface area contributed by atoms with Crippen LogP contribution in [0.1, 0.15) is 18.5 Å². The van der Waals surface area contributed by atoms with E-state index in [1.165, 1.54) is 0 Å². The lowest BCUT2D eigenvalue weighted by molar-refractivity contribution is -0.123. The number of nitrogens with one attached hydrogen (secondary N) is 1. The van der Waals surface area contributed by atoms with Gasteiger partial charge in [0.25, 0.3) is 0 Å². The summed E-state index contributed by atoms with van der Waals surface area (Å²) in [6.07, 6.45) is 0. The largest absolute Gasteiger partial charge is 0.358 e. The molecule has 2 heterocycles. The number of nitrogens with zero attached hydrogens (tertiary/aromatic N) is 2. The van der Waals surface area contributed by atoms with Crippen LogP contribution in [0, 0.1) is 0 Å². The molecular formula is C14H18N4O2. The minimum Gasteiger partial charge on any atom is -0.358 e. The third-order valence-corrected chi connectivity index (χ3v) is 4.14. The molecule has 2 aliphatic rings. The first-order valence-electron chi connectivity index (χ1n) is 6.72. The van der Waals surface area contributed by atoms with Gasteiger partial charge in [0.15, 0.2) is 0 Å². The number of anilines is 2. The van der Waals surface area contributed by atoms with Crippen LogP contribution in [0.15, 0.2) is 18.2 Å². The lowest BCUT2D eigenvalue weighted by Gasteiger charge is -2.35. The molecule has 2 aliphatic heterocycles. The van der Waals surface area contributed by atoms with Crippen molar-refractivity contribution >= 4 is 23.2 Å². The highest BCUT2D eigenvalue weighted by molar-refractivity contribution is 6.04. The van der Waals surface area contributed by atoms with E-state index in [9.17, 15) is 9.59 Å². The van der Waals surface area contributed by atoms with Gasteiger partial charge in [0.05, 0.1) is 5.69 Å². The molecule has 6 heteroatoms. The fourth-order valence-corrected chi connectivity index (χ4v) is 2.86. The van der Waals surface area contributed by atoms with Gasteiger partial charge in [-0.15, -0.1) is 0 Å². The second-order valence-corrected chi connectivity index (χ2v) is 5.28. The molecule has 106 valence electrons. The Morgan fingerprint density at radius 2 is 2.10 bits per heavy atom. The molecule has 0 saturated carbocycles. The van der Waals surface area contributed by atoms with E-state index in [4.69, 9.17) is 5.73 Å². The molecular weight excluding hydrogens is 256 g/mol. The van der Waals surface area contributed by atoms with Gasteiger partial charge < -0.3 is 20.9 Å². The van der Waals surface area contributed by atoms with Gasteiger partial charge in [-0.25, -0.2) is 0 Å². The zero-order valence-corrected chi connectivity index (χ0v) is 11.6. The molecule has 0 bridgehead atoms. The first-order valence-corrected chi connectivity index (χ1v) is 6.72. The Labute approximate surface area is 117 Å². The van der Waals surface area contributed by atoms with Crippen molar-refractivity contribution in [1.29, 1.82) is 0 Å². The van der Waals surface area contributed by atoms with Gasteiger partial charge in [0.1, 0.15) is 12.1 Å². The van der Waals surface area contributed by atoms with Crippen LogP contribution >= 0.6 is 0 Å². The molecule has 0 aromatic heterocycles. The van der Waals surface area contributed by atoms with E-state index in [2.05, 4.69) is 5.32 Å². The van der Waals surface area contributed by atoms with E-state index in [0.29, 0.717) is 6.54 Å². The lowest BCUT2D eigenvalue weighted by Crippen LogP contribution is -2.54. The van der Waals surface area contributed by atoms with E-state index in [0.717, 1.165) is 23.5 Å². The number of likely N-dealkylation sites (N-methyl/N-ethyl adjacent to an activating group) is 1. The van der Waals surface area contributed by atoms with E-state index in [1.54, 1.807) is 11.9 Å². The second kappa shape index (κ2) is 4.49. The molecule has 2 atom stereocenters. The van der Waals surface area contributed by atoms with Crippen molar-refractivity contribution in [2.24, 2.45) is 5.73 Å². The molecule has 0 spiro atoms. The molecule has 1 saturated heterocycles. The predicted octanol–water partition coefficient (Wildman–Crippen LogP) is -0.0125. The molecule has 2 amide bonds. The average molecular weight is 274 g/mol. The first kappa shape index (κ1) is 12.9. The minimum absolute atomic E-state index is 0.0258. The zero-order valence-electron chi connectivity index (χ0n) is 11.6. The molecule has 0 aliphatic carbocycles. The summed E-state index contributed by atoms with van der Waals surface area (Å²) in [6, 6.07) is 4.97. The van der Waals surface area contributed by atoms with Crippen LogP contribution in [0.25, 0.3) is 0 Å². The van der Waals surface area contributed by atoms with E-state index >= 15 is 0 Å². The molecule has 6 nitrogen and oxygen atoms in total. The van der Waals surface area contributed by atoms with Gasteiger partial charge >= 0.3 is 0 Å². The molecule has 1 aromatic rings. The summed E-state index contributed by atoms with van der Waals surface area (Å²) in [5.74, 6) is -0.0699. The Balaban J connectivity index is 1.98.